The lowest BCUT2D eigenvalue weighted by molar-refractivity contribution is -0.123. The number of carbonyl (C=O) groups is 2. The first-order valence-electron chi connectivity index (χ1n) is 5.96. The van der Waals surface area contributed by atoms with Gasteiger partial charge in [0.2, 0.25) is 11.8 Å². The van der Waals surface area contributed by atoms with Crippen LogP contribution in [-0.2, 0) is 9.59 Å². The van der Waals surface area contributed by atoms with Crippen LogP contribution in [0.4, 0.5) is 0 Å². The minimum absolute atomic E-state index is 0.00635. The number of rotatable bonds is 7. The lowest BCUT2D eigenvalue weighted by Gasteiger charge is -2.10. The summed E-state index contributed by atoms with van der Waals surface area (Å²) in [4.78, 5) is 22.7. The Kier molecular flexibility index (Phi) is 5.25. The standard InChI is InChI=1S/C11H21N3O2/c1-2-3-9(12)11(16)13-7-6-10(15)14-8-4-5-8/h8-9H,2-7,12H2,1H3,(H,13,16)(H,14,15)/t9-/m0/s1. The van der Waals surface area contributed by atoms with Crippen molar-refractivity contribution in [2.45, 2.75) is 51.1 Å². The fourth-order valence-electron chi connectivity index (χ4n) is 1.40. The van der Waals surface area contributed by atoms with E-state index in [4.69, 9.17) is 5.73 Å². The second-order valence-corrected chi connectivity index (χ2v) is 4.28. The number of amides is 2. The molecule has 0 radical (unpaired) electrons. The van der Waals surface area contributed by atoms with Crippen molar-refractivity contribution in [3.63, 3.8) is 0 Å². The Morgan fingerprint density at radius 1 is 1.44 bits per heavy atom. The van der Waals surface area contributed by atoms with Crippen LogP contribution in [0.1, 0.15) is 39.0 Å². The van der Waals surface area contributed by atoms with Gasteiger partial charge in [-0.25, -0.2) is 0 Å². The highest BCUT2D eigenvalue weighted by atomic mass is 16.2. The van der Waals surface area contributed by atoms with Gasteiger partial charge in [-0.05, 0) is 19.3 Å². The van der Waals surface area contributed by atoms with Crippen molar-refractivity contribution in [3.05, 3.63) is 0 Å². The third-order valence-corrected chi connectivity index (χ3v) is 2.53. The van der Waals surface area contributed by atoms with Crippen LogP contribution in [0.3, 0.4) is 0 Å². The Morgan fingerprint density at radius 2 is 2.12 bits per heavy atom. The van der Waals surface area contributed by atoms with Gasteiger partial charge in [-0.15, -0.1) is 0 Å². The van der Waals surface area contributed by atoms with E-state index in [9.17, 15) is 9.59 Å². The van der Waals surface area contributed by atoms with Crippen LogP contribution in [0.15, 0.2) is 0 Å². The first-order valence-corrected chi connectivity index (χ1v) is 5.96. The first-order chi connectivity index (χ1) is 7.63. The van der Waals surface area contributed by atoms with E-state index in [-0.39, 0.29) is 11.8 Å². The van der Waals surface area contributed by atoms with Gasteiger partial charge in [-0.3, -0.25) is 9.59 Å². The molecule has 0 spiro atoms. The molecule has 1 rings (SSSR count). The van der Waals surface area contributed by atoms with Crippen molar-refractivity contribution in [1.82, 2.24) is 10.6 Å². The summed E-state index contributed by atoms with van der Waals surface area (Å²) in [6.07, 6.45) is 4.07. The van der Waals surface area contributed by atoms with Crippen LogP contribution in [0.25, 0.3) is 0 Å². The molecule has 0 aromatic carbocycles. The van der Waals surface area contributed by atoms with Crippen molar-refractivity contribution in [3.8, 4) is 0 Å². The van der Waals surface area contributed by atoms with Gasteiger partial charge in [0.25, 0.3) is 0 Å². The molecule has 1 fully saturated rings. The number of hydrogen-bond acceptors (Lipinski definition) is 3. The third-order valence-electron chi connectivity index (χ3n) is 2.53. The molecule has 0 saturated heterocycles. The molecule has 0 bridgehead atoms. The molecule has 16 heavy (non-hydrogen) atoms. The Morgan fingerprint density at radius 3 is 2.69 bits per heavy atom. The lowest BCUT2D eigenvalue weighted by atomic mass is 10.1. The minimum Gasteiger partial charge on any atom is -0.354 e. The highest BCUT2D eigenvalue weighted by Gasteiger charge is 2.22. The van der Waals surface area contributed by atoms with Gasteiger partial charge in [0.05, 0.1) is 6.04 Å². The zero-order valence-electron chi connectivity index (χ0n) is 9.79. The molecule has 1 saturated carbocycles. The smallest absolute Gasteiger partial charge is 0.236 e. The number of hydrogen-bond donors (Lipinski definition) is 3. The number of nitrogens with two attached hydrogens (primary N) is 1. The normalized spacial score (nSPS) is 16.6. The van der Waals surface area contributed by atoms with E-state index in [0.29, 0.717) is 25.4 Å². The predicted molar refractivity (Wildman–Crippen MR) is 61.7 cm³/mol. The van der Waals surface area contributed by atoms with E-state index in [1.807, 2.05) is 6.92 Å². The SMILES string of the molecule is CCC[C@H](N)C(=O)NCCC(=O)NC1CC1. The molecule has 92 valence electrons. The van der Waals surface area contributed by atoms with Crippen LogP contribution >= 0.6 is 0 Å². The molecule has 5 nitrogen and oxygen atoms in total. The molecule has 0 aromatic heterocycles. The summed E-state index contributed by atoms with van der Waals surface area (Å²) in [5.41, 5.74) is 5.62. The molecular weight excluding hydrogens is 206 g/mol. The summed E-state index contributed by atoms with van der Waals surface area (Å²) in [5.74, 6) is -0.159. The summed E-state index contributed by atoms with van der Waals surface area (Å²) >= 11 is 0. The number of carbonyl (C=O) groups excluding carboxylic acids is 2. The van der Waals surface area contributed by atoms with Crippen LogP contribution in [0.2, 0.25) is 0 Å². The molecule has 1 aliphatic rings. The zero-order chi connectivity index (χ0) is 12.0. The molecule has 4 N–H and O–H groups in total. The molecule has 0 heterocycles. The maximum Gasteiger partial charge on any atom is 0.236 e. The summed E-state index contributed by atoms with van der Waals surface area (Å²) < 4.78 is 0. The zero-order valence-corrected chi connectivity index (χ0v) is 9.79. The van der Waals surface area contributed by atoms with E-state index in [0.717, 1.165) is 19.3 Å². The molecule has 0 aromatic rings. The van der Waals surface area contributed by atoms with Gasteiger partial charge in [0.15, 0.2) is 0 Å². The van der Waals surface area contributed by atoms with Crippen LogP contribution < -0.4 is 16.4 Å². The lowest BCUT2D eigenvalue weighted by Crippen LogP contribution is -2.41. The summed E-state index contributed by atoms with van der Waals surface area (Å²) in [6, 6.07) is -0.0676. The summed E-state index contributed by atoms with van der Waals surface area (Å²) in [5, 5.41) is 5.53. The molecule has 5 heteroatoms. The predicted octanol–water partition coefficient (Wildman–Crippen LogP) is -0.101. The average Bonchev–Trinajstić information content (AvgIpc) is 3.01. The Bertz CT molecular complexity index is 252. The van der Waals surface area contributed by atoms with Gasteiger partial charge < -0.3 is 16.4 Å². The van der Waals surface area contributed by atoms with Crippen LogP contribution in [0, 0.1) is 0 Å². The van der Waals surface area contributed by atoms with Crippen molar-refractivity contribution in [2.24, 2.45) is 5.73 Å². The maximum absolute atomic E-state index is 11.4. The number of nitrogens with one attached hydrogen (secondary N) is 2. The van der Waals surface area contributed by atoms with E-state index in [1.165, 1.54) is 0 Å². The molecule has 0 unspecified atom stereocenters. The quantitative estimate of drug-likeness (QED) is 0.568. The molecule has 1 aliphatic carbocycles. The Balaban J connectivity index is 2.04. The third kappa shape index (κ3) is 5.11. The highest BCUT2D eigenvalue weighted by Crippen LogP contribution is 2.18. The van der Waals surface area contributed by atoms with Gasteiger partial charge in [0.1, 0.15) is 0 Å². The topological polar surface area (TPSA) is 84.2 Å². The molecular formula is C11H21N3O2. The van der Waals surface area contributed by atoms with E-state index >= 15 is 0 Å². The highest BCUT2D eigenvalue weighted by molar-refractivity contribution is 5.82. The van der Waals surface area contributed by atoms with Crippen LogP contribution in [0.5, 0.6) is 0 Å². The monoisotopic (exact) mass is 227 g/mol. The maximum atomic E-state index is 11.4. The van der Waals surface area contributed by atoms with E-state index < -0.39 is 6.04 Å². The Hall–Kier alpha value is -1.10. The summed E-state index contributed by atoms with van der Waals surface area (Å²) in [7, 11) is 0. The van der Waals surface area contributed by atoms with Crippen molar-refractivity contribution < 1.29 is 9.59 Å². The van der Waals surface area contributed by atoms with Crippen LogP contribution in [-0.4, -0.2) is 30.4 Å². The van der Waals surface area contributed by atoms with Gasteiger partial charge in [0, 0.05) is 19.0 Å². The van der Waals surface area contributed by atoms with Crippen molar-refractivity contribution in [1.29, 1.82) is 0 Å². The van der Waals surface area contributed by atoms with E-state index in [2.05, 4.69) is 10.6 Å². The van der Waals surface area contributed by atoms with Crippen molar-refractivity contribution >= 4 is 11.8 Å². The van der Waals surface area contributed by atoms with Gasteiger partial charge >= 0.3 is 0 Å². The fraction of sp³-hybridized carbons (Fsp3) is 0.818. The van der Waals surface area contributed by atoms with Gasteiger partial charge in [-0.2, -0.15) is 0 Å². The average molecular weight is 227 g/mol. The second-order valence-electron chi connectivity index (χ2n) is 4.28. The van der Waals surface area contributed by atoms with Crippen molar-refractivity contribution in [2.75, 3.05) is 6.54 Å². The molecule has 1 atom stereocenters. The molecule has 0 aliphatic heterocycles. The first kappa shape index (κ1) is 13.0. The second kappa shape index (κ2) is 6.48. The largest absolute Gasteiger partial charge is 0.354 e. The fourth-order valence-corrected chi connectivity index (χ4v) is 1.40. The van der Waals surface area contributed by atoms with E-state index in [1.54, 1.807) is 0 Å². The minimum atomic E-state index is -0.448. The Labute approximate surface area is 96.1 Å². The summed E-state index contributed by atoms with van der Waals surface area (Å²) in [6.45, 7) is 2.35. The van der Waals surface area contributed by atoms with Gasteiger partial charge in [-0.1, -0.05) is 13.3 Å². The molecule has 2 amide bonds.